The van der Waals surface area contributed by atoms with Gasteiger partial charge in [-0.25, -0.2) is 0 Å². The van der Waals surface area contributed by atoms with Crippen LogP contribution in [0.15, 0.2) is 29.8 Å². The van der Waals surface area contributed by atoms with Crippen molar-refractivity contribution in [1.29, 1.82) is 0 Å². The molecule has 1 aromatic carbocycles. The molecule has 0 saturated carbocycles. The lowest BCUT2D eigenvalue weighted by Gasteiger charge is -2.09. The molecule has 82 valence electrons. The second kappa shape index (κ2) is 6.02. The number of hydrogen-bond donors (Lipinski definition) is 0. The van der Waals surface area contributed by atoms with Gasteiger partial charge in [-0.1, -0.05) is 43.7 Å². The molecule has 0 aliphatic carbocycles. The number of thioether (sulfide) groups is 1. The summed E-state index contributed by atoms with van der Waals surface area (Å²) in [4.78, 5) is 1.43. The van der Waals surface area contributed by atoms with E-state index in [1.807, 2.05) is 11.8 Å². The molecule has 0 aromatic heterocycles. The fraction of sp³-hybridized carbons (Fsp3) is 0.429. The molecule has 0 N–H and O–H groups in total. The third-order valence-electron chi connectivity index (χ3n) is 2.37. The van der Waals surface area contributed by atoms with E-state index in [9.17, 15) is 0 Å². The number of hydrogen-bond acceptors (Lipinski definition) is 1. The first-order chi connectivity index (χ1) is 7.19. The van der Waals surface area contributed by atoms with Crippen LogP contribution in [0.25, 0.3) is 4.91 Å². The Morgan fingerprint density at radius 2 is 1.67 bits per heavy atom. The van der Waals surface area contributed by atoms with Crippen LogP contribution in [0.5, 0.6) is 0 Å². The monoisotopic (exact) mass is 220 g/mol. The van der Waals surface area contributed by atoms with Crippen LogP contribution in [0, 0.1) is 0 Å². The molecule has 0 amide bonds. The first-order valence-electron chi connectivity index (χ1n) is 5.58. The highest BCUT2D eigenvalue weighted by atomic mass is 32.2. The average molecular weight is 220 g/mol. The summed E-state index contributed by atoms with van der Waals surface area (Å²) >= 11 is 1.93. The highest BCUT2D eigenvalue weighted by Crippen LogP contribution is 2.30. The Bertz CT molecular complexity index is 329. The molecule has 1 rings (SSSR count). The quantitative estimate of drug-likeness (QED) is 0.705. The molecule has 0 fully saturated rings. The molecule has 0 bridgehead atoms. The molecule has 0 spiro atoms. The second-order valence-electron chi connectivity index (χ2n) is 3.81. The van der Waals surface area contributed by atoms with E-state index in [1.165, 1.54) is 21.6 Å². The SMILES string of the molecule is CCSC(=C(C)C)c1ccc(CC)cc1. The molecule has 1 aromatic rings. The number of aryl methyl sites for hydroxylation is 1. The molecule has 0 radical (unpaired) electrons. The summed E-state index contributed by atoms with van der Waals surface area (Å²) in [5.41, 5.74) is 4.18. The Kier molecular flexibility index (Phi) is 4.97. The molecule has 1 heteroatoms. The third kappa shape index (κ3) is 3.42. The van der Waals surface area contributed by atoms with Gasteiger partial charge >= 0.3 is 0 Å². The summed E-state index contributed by atoms with van der Waals surface area (Å²) in [6.45, 7) is 8.77. The summed E-state index contributed by atoms with van der Waals surface area (Å²) in [5, 5.41) is 0. The van der Waals surface area contributed by atoms with Crippen LogP contribution in [0.1, 0.15) is 38.8 Å². The van der Waals surface area contributed by atoms with Crippen LogP contribution in [0.3, 0.4) is 0 Å². The van der Waals surface area contributed by atoms with Crippen molar-refractivity contribution >= 4 is 16.7 Å². The predicted octanol–water partition coefficient (Wildman–Crippen LogP) is 4.75. The maximum absolute atomic E-state index is 2.24. The molecule has 0 aliphatic rings. The van der Waals surface area contributed by atoms with Gasteiger partial charge in [0.2, 0.25) is 0 Å². The second-order valence-corrected chi connectivity index (χ2v) is 5.09. The molecular formula is C14H20S. The van der Waals surface area contributed by atoms with Crippen molar-refractivity contribution < 1.29 is 0 Å². The Hall–Kier alpha value is -0.690. The fourth-order valence-electron chi connectivity index (χ4n) is 1.55. The topological polar surface area (TPSA) is 0 Å². The van der Waals surface area contributed by atoms with Crippen molar-refractivity contribution in [3.05, 3.63) is 41.0 Å². The van der Waals surface area contributed by atoms with E-state index in [-0.39, 0.29) is 0 Å². The first kappa shape index (κ1) is 12.4. The van der Waals surface area contributed by atoms with Gasteiger partial charge in [0, 0.05) is 4.91 Å². The van der Waals surface area contributed by atoms with Gasteiger partial charge in [-0.2, -0.15) is 0 Å². The Balaban J connectivity index is 2.98. The van der Waals surface area contributed by atoms with Gasteiger partial charge in [-0.05, 0) is 37.1 Å². The lowest BCUT2D eigenvalue weighted by Crippen LogP contribution is -1.86. The highest BCUT2D eigenvalue weighted by Gasteiger charge is 2.03. The van der Waals surface area contributed by atoms with Crippen molar-refractivity contribution in [2.75, 3.05) is 5.75 Å². The molecule has 0 saturated heterocycles. The summed E-state index contributed by atoms with van der Waals surface area (Å²) in [5.74, 6) is 1.13. The average Bonchev–Trinajstić information content (AvgIpc) is 2.26. The van der Waals surface area contributed by atoms with Crippen molar-refractivity contribution in [1.82, 2.24) is 0 Å². The zero-order valence-corrected chi connectivity index (χ0v) is 10.9. The number of allylic oxidation sites excluding steroid dienone is 1. The van der Waals surface area contributed by atoms with Crippen molar-refractivity contribution in [2.45, 2.75) is 34.1 Å². The maximum atomic E-state index is 2.24. The van der Waals surface area contributed by atoms with Crippen molar-refractivity contribution in [3.63, 3.8) is 0 Å². The summed E-state index contributed by atoms with van der Waals surface area (Å²) < 4.78 is 0. The molecular weight excluding hydrogens is 200 g/mol. The van der Waals surface area contributed by atoms with Gasteiger partial charge in [-0.3, -0.25) is 0 Å². The molecule has 0 aliphatic heterocycles. The largest absolute Gasteiger partial charge is 0.126 e. The van der Waals surface area contributed by atoms with Crippen LogP contribution in [0.4, 0.5) is 0 Å². The lowest BCUT2D eigenvalue weighted by atomic mass is 10.1. The minimum Gasteiger partial charge on any atom is -0.126 e. The summed E-state index contributed by atoms with van der Waals surface area (Å²) in [6.07, 6.45) is 1.12. The molecule has 0 atom stereocenters. The van der Waals surface area contributed by atoms with E-state index >= 15 is 0 Å². The Labute approximate surface area is 97.8 Å². The standard InChI is InChI=1S/C14H20S/c1-5-12-7-9-13(10-8-12)14(11(3)4)15-6-2/h7-10H,5-6H2,1-4H3. The third-order valence-corrected chi connectivity index (χ3v) is 3.59. The van der Waals surface area contributed by atoms with E-state index in [2.05, 4.69) is 52.0 Å². The van der Waals surface area contributed by atoms with Crippen molar-refractivity contribution in [3.8, 4) is 0 Å². The fourth-order valence-corrected chi connectivity index (χ4v) is 2.43. The Morgan fingerprint density at radius 3 is 2.07 bits per heavy atom. The number of benzene rings is 1. The smallest absolute Gasteiger partial charge is 0.0131 e. The summed E-state index contributed by atoms with van der Waals surface area (Å²) in [7, 11) is 0. The minimum atomic E-state index is 1.12. The van der Waals surface area contributed by atoms with Crippen LogP contribution in [0.2, 0.25) is 0 Å². The zero-order chi connectivity index (χ0) is 11.3. The van der Waals surface area contributed by atoms with E-state index < -0.39 is 0 Å². The number of rotatable bonds is 4. The summed E-state index contributed by atoms with van der Waals surface area (Å²) in [6, 6.07) is 8.94. The van der Waals surface area contributed by atoms with Gasteiger partial charge in [0.25, 0.3) is 0 Å². The molecule has 0 unspecified atom stereocenters. The van der Waals surface area contributed by atoms with Gasteiger partial charge in [0.05, 0.1) is 0 Å². The van der Waals surface area contributed by atoms with Crippen molar-refractivity contribution in [2.24, 2.45) is 0 Å². The van der Waals surface area contributed by atoms with Gasteiger partial charge < -0.3 is 0 Å². The normalized spacial score (nSPS) is 10.1. The minimum absolute atomic E-state index is 1.12. The van der Waals surface area contributed by atoms with Crippen LogP contribution >= 0.6 is 11.8 Å². The molecule has 15 heavy (non-hydrogen) atoms. The van der Waals surface area contributed by atoms with E-state index in [0.29, 0.717) is 0 Å². The van der Waals surface area contributed by atoms with Crippen LogP contribution < -0.4 is 0 Å². The first-order valence-corrected chi connectivity index (χ1v) is 6.57. The van der Waals surface area contributed by atoms with Crippen LogP contribution in [-0.2, 0) is 6.42 Å². The van der Waals surface area contributed by atoms with Gasteiger partial charge in [0.1, 0.15) is 0 Å². The van der Waals surface area contributed by atoms with E-state index in [1.54, 1.807) is 0 Å². The maximum Gasteiger partial charge on any atom is 0.0131 e. The van der Waals surface area contributed by atoms with Gasteiger partial charge in [0.15, 0.2) is 0 Å². The zero-order valence-electron chi connectivity index (χ0n) is 10.1. The van der Waals surface area contributed by atoms with Crippen LogP contribution in [-0.4, -0.2) is 5.75 Å². The van der Waals surface area contributed by atoms with E-state index in [4.69, 9.17) is 0 Å². The molecule has 0 nitrogen and oxygen atoms in total. The molecule has 0 heterocycles. The predicted molar refractivity (Wildman–Crippen MR) is 72.2 cm³/mol. The highest BCUT2D eigenvalue weighted by molar-refractivity contribution is 8.08. The lowest BCUT2D eigenvalue weighted by molar-refractivity contribution is 1.14. The Morgan fingerprint density at radius 1 is 1.07 bits per heavy atom. The van der Waals surface area contributed by atoms with Gasteiger partial charge in [-0.15, -0.1) is 11.8 Å². The van der Waals surface area contributed by atoms with E-state index in [0.717, 1.165) is 12.2 Å².